The largest absolute Gasteiger partial charge is 0.255 e. The summed E-state index contributed by atoms with van der Waals surface area (Å²) in [5, 5.41) is 4.51. The van der Waals surface area contributed by atoms with Gasteiger partial charge in [0.15, 0.2) is 0 Å². The summed E-state index contributed by atoms with van der Waals surface area (Å²) in [6.07, 6.45) is 1.94. The summed E-state index contributed by atoms with van der Waals surface area (Å²) >= 11 is 7.98. The van der Waals surface area contributed by atoms with E-state index in [-0.39, 0.29) is 0 Å². The smallest absolute Gasteiger partial charge is 0.0709 e. The van der Waals surface area contributed by atoms with Crippen molar-refractivity contribution in [3.05, 3.63) is 53.7 Å². The average Bonchev–Trinajstić information content (AvgIpc) is 2.79. The van der Waals surface area contributed by atoms with Crippen LogP contribution in [0.2, 0.25) is 5.02 Å². The number of rotatable bonds is 0. The van der Waals surface area contributed by atoms with Gasteiger partial charge < -0.3 is 0 Å². The number of hydrogen-bond acceptors (Lipinski definition) is 2. The van der Waals surface area contributed by atoms with E-state index in [0.717, 1.165) is 15.2 Å². The molecule has 0 saturated heterocycles. The Balaban J connectivity index is 2.37. The molecule has 0 aliphatic carbocycles. The van der Waals surface area contributed by atoms with Gasteiger partial charge in [0.25, 0.3) is 0 Å². The number of fused-ring (bicyclic) bond motifs is 5. The molecule has 1 nitrogen and oxygen atoms in total. The van der Waals surface area contributed by atoms with E-state index in [9.17, 15) is 0 Å². The third-order valence-corrected chi connectivity index (χ3v) is 4.79. The van der Waals surface area contributed by atoms with Crippen LogP contribution in [0.4, 0.5) is 0 Å². The van der Waals surface area contributed by atoms with Gasteiger partial charge in [0.1, 0.15) is 0 Å². The summed E-state index contributed by atoms with van der Waals surface area (Å²) in [5.74, 6) is 0. The third-order valence-electron chi connectivity index (χ3n) is 3.19. The van der Waals surface area contributed by atoms with E-state index >= 15 is 0 Å². The second kappa shape index (κ2) is 3.67. The number of benzene rings is 2. The maximum absolute atomic E-state index is 6.27. The molecule has 0 saturated carbocycles. The van der Waals surface area contributed by atoms with Crippen molar-refractivity contribution in [2.45, 2.75) is 0 Å². The highest BCUT2D eigenvalue weighted by atomic mass is 35.5. The standard InChI is InChI=1S/C15H8ClNS/c16-11-6-3-5-10-14-9-4-1-2-7-12(9)17-8-13(14)18-15(10)11/h1-8H. The van der Waals surface area contributed by atoms with E-state index in [1.807, 2.05) is 30.5 Å². The zero-order valence-corrected chi connectivity index (χ0v) is 10.9. The fourth-order valence-corrected chi connectivity index (χ4v) is 3.78. The fourth-order valence-electron chi connectivity index (χ4n) is 2.40. The van der Waals surface area contributed by atoms with Crippen LogP contribution >= 0.6 is 22.9 Å². The molecule has 0 spiro atoms. The molecule has 2 aromatic heterocycles. The zero-order chi connectivity index (χ0) is 12.1. The van der Waals surface area contributed by atoms with Crippen molar-refractivity contribution in [2.24, 2.45) is 0 Å². The van der Waals surface area contributed by atoms with Gasteiger partial charge in [-0.3, -0.25) is 4.98 Å². The van der Waals surface area contributed by atoms with Gasteiger partial charge in [0.05, 0.1) is 19.9 Å². The van der Waals surface area contributed by atoms with Crippen LogP contribution in [-0.2, 0) is 0 Å². The summed E-state index contributed by atoms with van der Waals surface area (Å²) in [5.41, 5.74) is 1.03. The van der Waals surface area contributed by atoms with E-state index in [4.69, 9.17) is 11.6 Å². The van der Waals surface area contributed by atoms with Gasteiger partial charge in [-0.2, -0.15) is 0 Å². The molecule has 2 aromatic carbocycles. The lowest BCUT2D eigenvalue weighted by Gasteiger charge is -1.99. The molecule has 18 heavy (non-hydrogen) atoms. The van der Waals surface area contributed by atoms with Crippen LogP contribution in [0, 0.1) is 0 Å². The van der Waals surface area contributed by atoms with Gasteiger partial charge in [-0.15, -0.1) is 11.3 Å². The molecule has 0 unspecified atom stereocenters. The van der Waals surface area contributed by atoms with Crippen molar-refractivity contribution in [3.8, 4) is 0 Å². The molecular formula is C15H8ClNS. The summed E-state index contributed by atoms with van der Waals surface area (Å²) in [6, 6.07) is 14.3. The molecular weight excluding hydrogens is 262 g/mol. The Morgan fingerprint density at radius 1 is 0.944 bits per heavy atom. The quantitative estimate of drug-likeness (QED) is 0.424. The predicted molar refractivity (Wildman–Crippen MR) is 79.6 cm³/mol. The second-order valence-corrected chi connectivity index (χ2v) is 5.69. The number of pyridine rings is 1. The Bertz CT molecular complexity index is 895. The van der Waals surface area contributed by atoms with Gasteiger partial charge in [0.2, 0.25) is 0 Å². The lowest BCUT2D eigenvalue weighted by molar-refractivity contribution is 1.46. The first-order valence-corrected chi connectivity index (χ1v) is 6.88. The lowest BCUT2D eigenvalue weighted by atomic mass is 10.1. The van der Waals surface area contributed by atoms with E-state index in [1.165, 1.54) is 20.9 Å². The Hall–Kier alpha value is -1.64. The first kappa shape index (κ1) is 10.3. The van der Waals surface area contributed by atoms with Crippen molar-refractivity contribution < 1.29 is 0 Å². The lowest BCUT2D eigenvalue weighted by Crippen LogP contribution is -1.77. The van der Waals surface area contributed by atoms with Crippen LogP contribution in [0.3, 0.4) is 0 Å². The predicted octanol–water partition coefficient (Wildman–Crippen LogP) is 5.26. The molecule has 0 radical (unpaired) electrons. The highest BCUT2D eigenvalue weighted by Crippen LogP contribution is 2.40. The number of hydrogen-bond donors (Lipinski definition) is 0. The average molecular weight is 270 g/mol. The van der Waals surface area contributed by atoms with Crippen LogP contribution in [0.15, 0.2) is 48.7 Å². The second-order valence-electron chi connectivity index (χ2n) is 4.23. The fraction of sp³-hybridized carbons (Fsp3) is 0. The van der Waals surface area contributed by atoms with E-state index < -0.39 is 0 Å². The van der Waals surface area contributed by atoms with Crippen LogP contribution in [0.1, 0.15) is 0 Å². The molecule has 0 aliphatic heterocycles. The van der Waals surface area contributed by atoms with E-state index in [0.29, 0.717) is 0 Å². The van der Waals surface area contributed by atoms with E-state index in [2.05, 4.69) is 23.2 Å². The van der Waals surface area contributed by atoms with Crippen LogP contribution < -0.4 is 0 Å². The van der Waals surface area contributed by atoms with Gasteiger partial charge in [-0.05, 0) is 12.1 Å². The summed E-state index contributed by atoms with van der Waals surface area (Å²) in [7, 11) is 0. The number of nitrogens with zero attached hydrogens (tertiary/aromatic N) is 1. The molecule has 86 valence electrons. The molecule has 0 amide bonds. The Morgan fingerprint density at radius 3 is 2.72 bits per heavy atom. The molecule has 0 bridgehead atoms. The number of halogens is 1. The Labute approximate surface area is 113 Å². The molecule has 0 aliphatic rings. The zero-order valence-electron chi connectivity index (χ0n) is 9.35. The summed E-state index contributed by atoms with van der Waals surface area (Å²) < 4.78 is 2.34. The van der Waals surface area contributed by atoms with Crippen LogP contribution in [0.5, 0.6) is 0 Å². The first-order valence-electron chi connectivity index (χ1n) is 5.69. The highest BCUT2D eigenvalue weighted by Gasteiger charge is 2.10. The minimum atomic E-state index is 0.817. The van der Waals surface area contributed by atoms with Gasteiger partial charge >= 0.3 is 0 Å². The van der Waals surface area contributed by atoms with Crippen LogP contribution in [0.25, 0.3) is 31.1 Å². The molecule has 0 N–H and O–H groups in total. The number of para-hydroxylation sites is 1. The Morgan fingerprint density at radius 2 is 1.78 bits per heavy atom. The molecule has 3 heteroatoms. The highest BCUT2D eigenvalue weighted by molar-refractivity contribution is 7.26. The molecule has 0 fully saturated rings. The minimum Gasteiger partial charge on any atom is -0.255 e. The van der Waals surface area contributed by atoms with E-state index in [1.54, 1.807) is 11.3 Å². The van der Waals surface area contributed by atoms with Gasteiger partial charge in [-0.25, -0.2) is 0 Å². The van der Waals surface area contributed by atoms with Crippen LogP contribution in [-0.4, -0.2) is 4.98 Å². The molecule has 2 heterocycles. The number of thiophene rings is 1. The van der Waals surface area contributed by atoms with Crippen molar-refractivity contribution in [1.29, 1.82) is 0 Å². The molecule has 0 atom stereocenters. The van der Waals surface area contributed by atoms with Crippen molar-refractivity contribution in [2.75, 3.05) is 0 Å². The van der Waals surface area contributed by atoms with Crippen molar-refractivity contribution in [3.63, 3.8) is 0 Å². The maximum atomic E-state index is 6.27. The van der Waals surface area contributed by atoms with Crippen molar-refractivity contribution >= 4 is 54.0 Å². The third kappa shape index (κ3) is 1.30. The topological polar surface area (TPSA) is 12.9 Å². The molecule has 4 rings (SSSR count). The monoisotopic (exact) mass is 269 g/mol. The van der Waals surface area contributed by atoms with Gasteiger partial charge in [0, 0.05) is 22.4 Å². The first-order chi connectivity index (χ1) is 8.84. The minimum absolute atomic E-state index is 0.817. The summed E-state index contributed by atoms with van der Waals surface area (Å²) in [4.78, 5) is 4.50. The normalized spacial score (nSPS) is 11.6. The SMILES string of the molecule is Clc1cccc2c1sc1cnc3ccccc3c12. The summed E-state index contributed by atoms with van der Waals surface area (Å²) in [6.45, 7) is 0. The van der Waals surface area contributed by atoms with Gasteiger partial charge in [-0.1, -0.05) is 41.9 Å². The van der Waals surface area contributed by atoms with Crippen molar-refractivity contribution in [1.82, 2.24) is 4.98 Å². The number of aromatic nitrogens is 1. The molecule has 4 aromatic rings. The maximum Gasteiger partial charge on any atom is 0.0709 e. The Kier molecular flexibility index (Phi) is 2.10.